The first-order chi connectivity index (χ1) is 13.7. The molecule has 0 aliphatic rings. The van der Waals surface area contributed by atoms with Gasteiger partial charge in [-0.05, 0) is 29.7 Å². The first kappa shape index (κ1) is 19.2. The number of amides is 1. The van der Waals surface area contributed by atoms with Gasteiger partial charge >= 0.3 is 0 Å². The molecule has 0 radical (unpaired) electrons. The normalized spacial score (nSPS) is 10.3. The molecule has 6 nitrogen and oxygen atoms in total. The van der Waals surface area contributed by atoms with Crippen LogP contribution in [-0.2, 0) is 17.8 Å². The number of nitrogens with one attached hydrogen (secondary N) is 1. The highest BCUT2D eigenvalue weighted by atomic mass is 16.5. The third-order valence-electron chi connectivity index (χ3n) is 4.07. The van der Waals surface area contributed by atoms with Crippen LogP contribution in [0.1, 0.15) is 11.1 Å². The van der Waals surface area contributed by atoms with Crippen molar-refractivity contribution < 1.29 is 14.3 Å². The summed E-state index contributed by atoms with van der Waals surface area (Å²) in [5, 5.41) is 7.06. The van der Waals surface area contributed by atoms with Crippen LogP contribution in [0.5, 0.6) is 11.5 Å². The lowest BCUT2D eigenvalue weighted by Gasteiger charge is -2.11. The Labute approximate surface area is 164 Å². The van der Waals surface area contributed by atoms with Gasteiger partial charge in [0.15, 0.2) is 18.1 Å². The fourth-order valence-electron chi connectivity index (χ4n) is 2.75. The van der Waals surface area contributed by atoms with Crippen LogP contribution in [0.3, 0.4) is 0 Å². The summed E-state index contributed by atoms with van der Waals surface area (Å²) in [4.78, 5) is 12.2. The number of benzene rings is 2. The first-order valence-corrected chi connectivity index (χ1v) is 8.95. The summed E-state index contributed by atoms with van der Waals surface area (Å²) in [5.41, 5.74) is 2.83. The highest BCUT2D eigenvalue weighted by molar-refractivity contribution is 5.91. The average Bonchev–Trinajstić information content (AvgIpc) is 3.14. The maximum absolute atomic E-state index is 12.2. The Balaban J connectivity index is 1.54. The zero-order valence-electron chi connectivity index (χ0n) is 15.8. The monoisotopic (exact) mass is 377 g/mol. The van der Waals surface area contributed by atoms with Crippen molar-refractivity contribution in [1.82, 2.24) is 9.78 Å². The second kappa shape index (κ2) is 9.41. The quantitative estimate of drug-likeness (QED) is 0.578. The number of rotatable bonds is 9. The lowest BCUT2D eigenvalue weighted by atomic mass is 10.1. The summed E-state index contributed by atoms with van der Waals surface area (Å²) in [6.45, 7) is 4.24. The van der Waals surface area contributed by atoms with E-state index in [1.807, 2.05) is 48.5 Å². The molecular formula is C22H23N3O3. The van der Waals surface area contributed by atoms with Crippen molar-refractivity contribution in [2.24, 2.45) is 0 Å². The van der Waals surface area contributed by atoms with Gasteiger partial charge in [0.2, 0.25) is 0 Å². The van der Waals surface area contributed by atoms with E-state index in [-0.39, 0.29) is 12.5 Å². The number of aromatic nitrogens is 2. The molecule has 0 saturated heterocycles. The summed E-state index contributed by atoms with van der Waals surface area (Å²) in [5.74, 6) is 0.838. The number of methoxy groups -OCH3 is 1. The summed E-state index contributed by atoms with van der Waals surface area (Å²) >= 11 is 0. The van der Waals surface area contributed by atoms with E-state index in [0.717, 1.165) is 17.5 Å². The summed E-state index contributed by atoms with van der Waals surface area (Å²) in [6, 6.07) is 15.6. The molecule has 1 heterocycles. The largest absolute Gasteiger partial charge is 0.493 e. The fraction of sp³-hybridized carbons (Fsp3) is 0.182. The minimum absolute atomic E-state index is 0.124. The molecule has 3 rings (SSSR count). The Bertz CT molecular complexity index is 935. The number of hydrogen-bond donors (Lipinski definition) is 1. The Morgan fingerprint density at radius 2 is 2.00 bits per heavy atom. The van der Waals surface area contributed by atoms with E-state index >= 15 is 0 Å². The third kappa shape index (κ3) is 5.23. The molecule has 0 atom stereocenters. The first-order valence-electron chi connectivity index (χ1n) is 8.95. The molecule has 144 valence electrons. The predicted molar refractivity (Wildman–Crippen MR) is 109 cm³/mol. The van der Waals surface area contributed by atoms with E-state index in [1.165, 1.54) is 0 Å². The molecule has 0 aliphatic carbocycles. The molecule has 1 N–H and O–H groups in total. The molecule has 0 fully saturated rings. The smallest absolute Gasteiger partial charge is 0.262 e. The third-order valence-corrected chi connectivity index (χ3v) is 4.07. The number of allylic oxidation sites excluding steroid dienone is 1. The fourth-order valence-corrected chi connectivity index (χ4v) is 2.75. The molecule has 0 spiro atoms. The van der Waals surface area contributed by atoms with E-state index in [4.69, 9.17) is 9.47 Å². The Morgan fingerprint density at radius 3 is 2.75 bits per heavy atom. The van der Waals surface area contributed by atoms with E-state index in [9.17, 15) is 4.79 Å². The van der Waals surface area contributed by atoms with E-state index in [1.54, 1.807) is 30.3 Å². The van der Waals surface area contributed by atoms with Crippen molar-refractivity contribution in [3.05, 3.63) is 84.7 Å². The lowest BCUT2D eigenvalue weighted by molar-refractivity contribution is -0.118. The van der Waals surface area contributed by atoms with E-state index in [0.29, 0.717) is 23.7 Å². The minimum Gasteiger partial charge on any atom is -0.493 e. The van der Waals surface area contributed by atoms with Crippen LogP contribution < -0.4 is 14.8 Å². The van der Waals surface area contributed by atoms with Crippen molar-refractivity contribution in [3.63, 3.8) is 0 Å². The maximum atomic E-state index is 12.2. The van der Waals surface area contributed by atoms with Gasteiger partial charge in [-0.25, -0.2) is 0 Å². The molecule has 3 aromatic rings. The Hall–Kier alpha value is -3.54. The second-order valence-electron chi connectivity index (χ2n) is 6.23. The van der Waals surface area contributed by atoms with Crippen LogP contribution >= 0.6 is 0 Å². The number of ether oxygens (including phenoxy) is 2. The molecule has 2 aromatic carbocycles. The highest BCUT2D eigenvalue weighted by Crippen LogP contribution is 2.28. The van der Waals surface area contributed by atoms with Gasteiger partial charge < -0.3 is 14.8 Å². The van der Waals surface area contributed by atoms with Crippen molar-refractivity contribution in [3.8, 4) is 11.5 Å². The van der Waals surface area contributed by atoms with Gasteiger partial charge in [-0.1, -0.05) is 42.5 Å². The number of carbonyl (C=O) groups is 1. The number of anilines is 1. The molecule has 0 unspecified atom stereocenters. The highest BCUT2D eigenvalue weighted by Gasteiger charge is 2.10. The number of nitrogens with zero attached hydrogens (tertiary/aromatic N) is 2. The Morgan fingerprint density at radius 1 is 1.18 bits per heavy atom. The number of hydrogen-bond acceptors (Lipinski definition) is 4. The van der Waals surface area contributed by atoms with Gasteiger partial charge in [-0.15, -0.1) is 6.58 Å². The van der Waals surface area contributed by atoms with Gasteiger partial charge in [0, 0.05) is 6.20 Å². The van der Waals surface area contributed by atoms with Crippen LogP contribution in [0.4, 0.5) is 5.69 Å². The van der Waals surface area contributed by atoms with E-state index < -0.39 is 0 Å². The van der Waals surface area contributed by atoms with Gasteiger partial charge in [0.25, 0.3) is 5.91 Å². The number of carbonyl (C=O) groups excluding carboxylic acids is 1. The van der Waals surface area contributed by atoms with E-state index in [2.05, 4.69) is 17.0 Å². The van der Waals surface area contributed by atoms with Gasteiger partial charge in [0.1, 0.15) is 0 Å². The molecule has 0 bridgehead atoms. The van der Waals surface area contributed by atoms with Crippen molar-refractivity contribution in [2.45, 2.75) is 13.0 Å². The Kier molecular flexibility index (Phi) is 6.46. The van der Waals surface area contributed by atoms with Crippen molar-refractivity contribution in [2.75, 3.05) is 19.0 Å². The van der Waals surface area contributed by atoms with Crippen molar-refractivity contribution in [1.29, 1.82) is 0 Å². The van der Waals surface area contributed by atoms with Crippen LogP contribution in [-0.4, -0.2) is 29.4 Å². The SMILES string of the molecule is C=CCc1ccc(OCC(=O)Nc2cnn(Cc3ccccc3)c2)c(OC)c1. The van der Waals surface area contributed by atoms with Gasteiger partial charge in [0.05, 0.1) is 25.5 Å². The average molecular weight is 377 g/mol. The van der Waals surface area contributed by atoms with Crippen molar-refractivity contribution >= 4 is 11.6 Å². The van der Waals surface area contributed by atoms with Gasteiger partial charge in [-0.2, -0.15) is 5.10 Å². The standard InChI is InChI=1S/C22H23N3O3/c1-3-7-17-10-11-20(21(12-17)27-2)28-16-22(26)24-19-13-23-25(15-19)14-18-8-5-4-6-9-18/h3-6,8-13,15H,1,7,14,16H2,2H3,(H,24,26). The molecule has 0 aliphatic heterocycles. The zero-order chi connectivity index (χ0) is 19.8. The van der Waals surface area contributed by atoms with Crippen LogP contribution in [0, 0.1) is 0 Å². The minimum atomic E-state index is -0.267. The predicted octanol–water partition coefficient (Wildman–Crippen LogP) is 3.69. The molecular weight excluding hydrogens is 354 g/mol. The van der Waals surface area contributed by atoms with Crippen LogP contribution in [0.2, 0.25) is 0 Å². The lowest BCUT2D eigenvalue weighted by Crippen LogP contribution is -2.20. The second-order valence-corrected chi connectivity index (χ2v) is 6.23. The molecule has 6 heteroatoms. The molecule has 1 amide bonds. The summed E-state index contributed by atoms with van der Waals surface area (Å²) < 4.78 is 12.7. The summed E-state index contributed by atoms with van der Waals surface area (Å²) in [7, 11) is 1.57. The van der Waals surface area contributed by atoms with Crippen LogP contribution in [0.25, 0.3) is 0 Å². The molecule has 1 aromatic heterocycles. The van der Waals surface area contributed by atoms with Crippen LogP contribution in [0.15, 0.2) is 73.6 Å². The summed E-state index contributed by atoms with van der Waals surface area (Å²) in [6.07, 6.45) is 5.96. The topological polar surface area (TPSA) is 65.4 Å². The zero-order valence-corrected chi connectivity index (χ0v) is 15.8. The molecule has 28 heavy (non-hydrogen) atoms. The maximum Gasteiger partial charge on any atom is 0.262 e. The van der Waals surface area contributed by atoms with Gasteiger partial charge in [-0.3, -0.25) is 9.48 Å². The molecule has 0 saturated carbocycles.